The van der Waals surface area contributed by atoms with Crippen molar-refractivity contribution in [3.8, 4) is 45.0 Å². The highest BCUT2D eigenvalue weighted by Crippen LogP contribution is 2.65. The second-order valence-electron chi connectivity index (χ2n) is 20.2. The fourth-order valence-electron chi connectivity index (χ4n) is 13.2. The molecule has 0 spiro atoms. The lowest BCUT2D eigenvalue weighted by molar-refractivity contribution is -0.0354. The van der Waals surface area contributed by atoms with E-state index in [0.717, 1.165) is 88.8 Å². The second kappa shape index (κ2) is 16.2. The Morgan fingerprint density at radius 1 is 0.400 bits per heavy atom. The van der Waals surface area contributed by atoms with Crippen LogP contribution in [0.2, 0.25) is 0 Å². The van der Waals surface area contributed by atoms with Crippen LogP contribution in [0.3, 0.4) is 0 Å². The van der Waals surface area contributed by atoms with E-state index in [1.54, 1.807) is 0 Å². The zero-order chi connectivity index (χ0) is 44.5. The number of nitrogens with zero attached hydrogens (tertiary/aromatic N) is 4. The largest absolute Gasteiger partial charge is 0.242 e. The predicted octanol–water partition coefficient (Wildman–Crippen LogP) is 12.1. The van der Waals surface area contributed by atoms with Gasteiger partial charge in [0.2, 0.25) is 6.71 Å². The lowest BCUT2D eigenvalue weighted by Crippen LogP contribution is -2.57. The fourth-order valence-corrected chi connectivity index (χ4v) is 13.2. The van der Waals surface area contributed by atoms with Gasteiger partial charge in [0.05, 0.1) is 22.8 Å². The van der Waals surface area contributed by atoms with Crippen molar-refractivity contribution in [3.05, 3.63) is 197 Å². The summed E-state index contributed by atoms with van der Waals surface area (Å²) in [7, 11) is 0. The molecule has 2 aromatic heterocycles. The summed E-state index contributed by atoms with van der Waals surface area (Å²) >= 11 is 0. The minimum atomic E-state index is -0.172. The summed E-state index contributed by atoms with van der Waals surface area (Å²) in [4.78, 5) is 22.3. The topological polar surface area (TPSA) is 51.6 Å². The van der Waals surface area contributed by atoms with Crippen LogP contribution in [0.4, 0.5) is 0 Å². The lowest BCUT2D eigenvalue weighted by atomic mass is 9.34. The molecule has 0 amide bonds. The van der Waals surface area contributed by atoms with Crippen molar-refractivity contribution in [2.75, 3.05) is 0 Å². The van der Waals surface area contributed by atoms with Crippen LogP contribution in [0.5, 0.6) is 0 Å². The Balaban J connectivity index is 1.03. The average molecular weight is 845 g/mol. The average Bonchev–Trinajstić information content (AvgIpc) is 3.31. The molecule has 4 fully saturated rings. The number of hydrogen-bond donors (Lipinski definition) is 0. The van der Waals surface area contributed by atoms with E-state index in [0.29, 0.717) is 11.8 Å². The molecule has 2 unspecified atom stereocenters. The number of benzene rings is 6. The Labute approximate surface area is 385 Å². The summed E-state index contributed by atoms with van der Waals surface area (Å²) in [6, 6.07) is 55.2. The molecular weight excluding hydrogens is 787 g/mol. The van der Waals surface area contributed by atoms with Crippen LogP contribution >= 0.6 is 0 Å². The molecule has 65 heavy (non-hydrogen) atoms. The molecule has 4 aliphatic carbocycles. The molecule has 0 aliphatic heterocycles. The van der Waals surface area contributed by atoms with Crippen LogP contribution < -0.4 is 16.4 Å². The van der Waals surface area contributed by atoms with Gasteiger partial charge in [-0.15, -0.1) is 0 Å². The molecule has 320 valence electrons. The first-order chi connectivity index (χ1) is 31.5. The maximum atomic E-state index is 5.69. The van der Waals surface area contributed by atoms with Crippen molar-refractivity contribution in [1.82, 2.24) is 19.9 Å². The molecule has 0 N–H and O–H groups in total. The van der Waals surface area contributed by atoms with Gasteiger partial charge in [0.1, 0.15) is 11.6 Å². The number of aryl methyl sites for hydroxylation is 6. The van der Waals surface area contributed by atoms with Gasteiger partial charge in [-0.2, -0.15) is 0 Å². The minimum Gasteiger partial charge on any atom is -0.232 e. The molecule has 8 aromatic rings. The fraction of sp³-hybridized carbons (Fsp3) is 0.267. The van der Waals surface area contributed by atoms with Crippen molar-refractivity contribution in [2.24, 2.45) is 11.8 Å². The van der Waals surface area contributed by atoms with E-state index in [1.807, 2.05) is 0 Å². The highest BCUT2D eigenvalue weighted by Gasteiger charge is 2.61. The molecule has 12 rings (SSSR count). The molecule has 2 atom stereocenters. The van der Waals surface area contributed by atoms with Crippen molar-refractivity contribution >= 4 is 23.1 Å². The highest BCUT2D eigenvalue weighted by atomic mass is 15.0. The second-order valence-corrected chi connectivity index (χ2v) is 20.2. The van der Waals surface area contributed by atoms with Gasteiger partial charge in [-0.05, 0) is 104 Å². The molecule has 6 aromatic carbocycles. The molecule has 4 saturated carbocycles. The summed E-state index contributed by atoms with van der Waals surface area (Å²) in [6.07, 6.45) is 6.68. The van der Waals surface area contributed by atoms with Gasteiger partial charge >= 0.3 is 0 Å². The van der Waals surface area contributed by atoms with E-state index in [2.05, 4.69) is 193 Å². The summed E-state index contributed by atoms with van der Waals surface area (Å²) in [5.41, 5.74) is 20.2. The number of hydrogen-bond acceptors (Lipinski definition) is 4. The van der Waals surface area contributed by atoms with E-state index in [-0.39, 0.29) is 17.5 Å². The Kier molecular flexibility index (Phi) is 10.3. The van der Waals surface area contributed by atoms with Crippen molar-refractivity contribution < 1.29 is 0 Å². The van der Waals surface area contributed by atoms with Crippen molar-refractivity contribution in [1.29, 1.82) is 0 Å². The maximum absolute atomic E-state index is 5.69. The normalized spacial score (nSPS) is 20.8. The van der Waals surface area contributed by atoms with Crippen molar-refractivity contribution in [2.45, 2.75) is 90.9 Å². The van der Waals surface area contributed by atoms with Gasteiger partial charge in [-0.3, -0.25) is 0 Å². The Morgan fingerprint density at radius 2 is 0.723 bits per heavy atom. The highest BCUT2D eigenvalue weighted by molar-refractivity contribution is 6.96. The Morgan fingerprint density at radius 3 is 1.06 bits per heavy atom. The van der Waals surface area contributed by atoms with Gasteiger partial charge in [0.15, 0.2) is 0 Å². The quantitative estimate of drug-likeness (QED) is 0.136. The van der Waals surface area contributed by atoms with E-state index in [1.165, 1.54) is 56.2 Å². The third-order valence-corrected chi connectivity index (χ3v) is 15.3. The monoisotopic (exact) mass is 844 g/mol. The lowest BCUT2D eigenvalue weighted by Gasteiger charge is -2.61. The Hall–Kier alpha value is -6.46. The SMILES string of the molecule is Cc1cc(C)c(B(c2ccc(-c3cc(-c4ccccc4)nc(C45CC6CC(CC(c7nc(-c8ccccc8)cc(-c8ccccc8)n7)(C6)C4)C5)n3)cc2)c2c(C)cc(C)cc2C)c(C)c1. The first kappa shape index (κ1) is 41.3. The maximum Gasteiger partial charge on any atom is 0.242 e. The molecule has 4 bridgehead atoms. The van der Waals surface area contributed by atoms with Gasteiger partial charge in [0.25, 0.3) is 0 Å². The zero-order valence-corrected chi connectivity index (χ0v) is 38.7. The molecule has 2 heterocycles. The predicted molar refractivity (Wildman–Crippen MR) is 270 cm³/mol. The molecule has 0 saturated heterocycles. The third-order valence-electron chi connectivity index (χ3n) is 15.3. The van der Waals surface area contributed by atoms with Gasteiger partial charge < -0.3 is 0 Å². The summed E-state index contributed by atoms with van der Waals surface area (Å²) in [5.74, 6) is 3.14. The summed E-state index contributed by atoms with van der Waals surface area (Å²) < 4.78 is 0. The van der Waals surface area contributed by atoms with E-state index in [9.17, 15) is 0 Å². The third kappa shape index (κ3) is 7.53. The van der Waals surface area contributed by atoms with E-state index >= 15 is 0 Å². The van der Waals surface area contributed by atoms with E-state index < -0.39 is 0 Å². The zero-order valence-electron chi connectivity index (χ0n) is 38.7. The van der Waals surface area contributed by atoms with Crippen molar-refractivity contribution in [3.63, 3.8) is 0 Å². The minimum absolute atomic E-state index is 0.110. The molecule has 0 radical (unpaired) electrons. The number of aromatic nitrogens is 4. The molecule has 4 nitrogen and oxygen atoms in total. The number of rotatable bonds is 9. The molecule has 4 aliphatic rings. The van der Waals surface area contributed by atoms with E-state index in [4.69, 9.17) is 19.9 Å². The smallest absolute Gasteiger partial charge is 0.232 e. The molecule has 5 heteroatoms. The summed E-state index contributed by atoms with van der Waals surface area (Å²) in [5, 5.41) is 0. The van der Waals surface area contributed by atoms with Crippen LogP contribution in [0, 0.1) is 53.4 Å². The van der Waals surface area contributed by atoms with Crippen LogP contribution in [-0.4, -0.2) is 26.6 Å². The standard InChI is InChI=1S/C60H57BN4/c1-38-26-40(3)55(41(4)27-38)61(56-42(5)28-39(2)29-43(56)6)50-24-22-49(23-25-50)54-32-53(48-20-14-9-15-21-48)64-58(65-54)60-35-44-30-45(36-60)34-59(33-44,37-60)57-62-51(46-16-10-7-11-17-46)31-52(63-57)47-18-12-8-13-19-47/h7-29,31-32,44-45H,30,33-37H2,1-6H3. The summed E-state index contributed by atoms with van der Waals surface area (Å²) in [6.45, 7) is 13.7. The molecular formula is C60H57BN4. The van der Waals surface area contributed by atoms with Gasteiger partial charge in [-0.1, -0.05) is 189 Å². The first-order valence-electron chi connectivity index (χ1n) is 23.7. The van der Waals surface area contributed by atoms with Crippen LogP contribution in [0.25, 0.3) is 45.0 Å². The van der Waals surface area contributed by atoms with Gasteiger partial charge in [-0.25, -0.2) is 19.9 Å². The first-order valence-corrected chi connectivity index (χ1v) is 23.7. The van der Waals surface area contributed by atoms with Crippen LogP contribution in [0.1, 0.15) is 83.6 Å². The van der Waals surface area contributed by atoms with Crippen LogP contribution in [-0.2, 0) is 10.8 Å². The van der Waals surface area contributed by atoms with Gasteiger partial charge in [0, 0.05) is 33.1 Å². The Bertz CT molecular complexity index is 2900. The van der Waals surface area contributed by atoms with Crippen LogP contribution in [0.15, 0.2) is 152 Å².